The number of fused-ring (bicyclic) bond motifs is 1. The first-order valence-corrected chi connectivity index (χ1v) is 7.53. The van der Waals surface area contributed by atoms with Crippen molar-refractivity contribution in [1.29, 1.82) is 0 Å². The molecule has 0 spiro atoms. The van der Waals surface area contributed by atoms with Gasteiger partial charge in [-0.05, 0) is 42.5 Å². The molecule has 110 valence electrons. The number of nitrogens with one attached hydrogen (secondary N) is 1. The van der Waals surface area contributed by atoms with Crippen molar-refractivity contribution in [2.24, 2.45) is 5.84 Å². The van der Waals surface area contributed by atoms with Crippen molar-refractivity contribution >= 4 is 0 Å². The maximum Gasteiger partial charge on any atom is 0.122 e. The van der Waals surface area contributed by atoms with Crippen molar-refractivity contribution in [1.82, 2.24) is 5.43 Å². The first-order valence-electron chi connectivity index (χ1n) is 7.53. The average molecular weight is 282 g/mol. The zero-order chi connectivity index (χ0) is 14.7. The second-order valence-electron chi connectivity index (χ2n) is 5.71. The Hall–Kier alpha value is -1.84. The van der Waals surface area contributed by atoms with Gasteiger partial charge in [0.25, 0.3) is 0 Å². The minimum atomic E-state index is 0.190. The van der Waals surface area contributed by atoms with Gasteiger partial charge in [-0.25, -0.2) is 0 Å². The van der Waals surface area contributed by atoms with Crippen LogP contribution in [0.4, 0.5) is 0 Å². The van der Waals surface area contributed by atoms with Gasteiger partial charge in [0, 0.05) is 12.5 Å². The van der Waals surface area contributed by atoms with Gasteiger partial charge in [-0.15, -0.1) is 0 Å². The monoisotopic (exact) mass is 282 g/mol. The summed E-state index contributed by atoms with van der Waals surface area (Å²) >= 11 is 0. The van der Waals surface area contributed by atoms with E-state index in [1.54, 1.807) is 0 Å². The molecule has 3 heteroatoms. The zero-order valence-corrected chi connectivity index (χ0v) is 12.4. The highest BCUT2D eigenvalue weighted by Gasteiger charge is 2.13. The Morgan fingerprint density at radius 1 is 1.19 bits per heavy atom. The van der Waals surface area contributed by atoms with E-state index in [9.17, 15) is 0 Å². The molecule has 0 amide bonds. The molecule has 2 aromatic carbocycles. The Morgan fingerprint density at radius 3 is 2.76 bits per heavy atom. The summed E-state index contributed by atoms with van der Waals surface area (Å²) in [6, 6.07) is 15.3. The fraction of sp³-hybridized carbons (Fsp3) is 0.333. The van der Waals surface area contributed by atoms with Crippen LogP contribution in [-0.2, 0) is 12.8 Å². The second kappa shape index (κ2) is 6.29. The van der Waals surface area contributed by atoms with Crippen molar-refractivity contribution in [3.63, 3.8) is 0 Å². The van der Waals surface area contributed by atoms with Gasteiger partial charge in [0.2, 0.25) is 0 Å². The lowest BCUT2D eigenvalue weighted by molar-refractivity contribution is 0.357. The van der Waals surface area contributed by atoms with Crippen molar-refractivity contribution in [2.45, 2.75) is 32.2 Å². The largest absolute Gasteiger partial charge is 0.493 e. The molecule has 3 N–H and O–H groups in total. The third-order valence-corrected chi connectivity index (χ3v) is 4.16. The van der Waals surface area contributed by atoms with E-state index in [-0.39, 0.29) is 6.04 Å². The molecular formula is C18H22N2O. The summed E-state index contributed by atoms with van der Waals surface area (Å²) in [6.45, 7) is 2.91. The summed E-state index contributed by atoms with van der Waals surface area (Å²) in [6.07, 6.45) is 3.02. The van der Waals surface area contributed by atoms with Crippen LogP contribution in [0, 0.1) is 6.92 Å². The predicted octanol–water partition coefficient (Wildman–Crippen LogP) is 3.07. The fourth-order valence-corrected chi connectivity index (χ4v) is 2.85. The van der Waals surface area contributed by atoms with Crippen LogP contribution in [0.25, 0.3) is 0 Å². The number of rotatable bonds is 5. The van der Waals surface area contributed by atoms with Crippen LogP contribution in [0.3, 0.4) is 0 Å². The Morgan fingerprint density at radius 2 is 2.00 bits per heavy atom. The Balaban J connectivity index is 1.66. The topological polar surface area (TPSA) is 47.3 Å². The quantitative estimate of drug-likeness (QED) is 0.654. The summed E-state index contributed by atoms with van der Waals surface area (Å²) in [7, 11) is 0. The van der Waals surface area contributed by atoms with Crippen LogP contribution >= 0.6 is 0 Å². The highest BCUT2D eigenvalue weighted by Crippen LogP contribution is 2.27. The van der Waals surface area contributed by atoms with Gasteiger partial charge in [-0.2, -0.15) is 0 Å². The molecule has 0 saturated heterocycles. The van der Waals surface area contributed by atoms with Crippen LogP contribution in [0.2, 0.25) is 0 Å². The van der Waals surface area contributed by atoms with Crippen molar-refractivity contribution in [3.8, 4) is 5.75 Å². The van der Waals surface area contributed by atoms with E-state index in [1.807, 2.05) is 0 Å². The molecular weight excluding hydrogens is 260 g/mol. The molecule has 3 nitrogen and oxygen atoms in total. The van der Waals surface area contributed by atoms with E-state index >= 15 is 0 Å². The number of ether oxygens (including phenoxy) is 1. The van der Waals surface area contributed by atoms with Crippen LogP contribution < -0.4 is 16.0 Å². The van der Waals surface area contributed by atoms with Gasteiger partial charge in [0.05, 0.1) is 6.61 Å². The number of nitrogens with two attached hydrogens (primary N) is 1. The lowest BCUT2D eigenvalue weighted by atomic mass is 9.97. The van der Waals surface area contributed by atoms with Gasteiger partial charge >= 0.3 is 0 Å². The van der Waals surface area contributed by atoms with Crippen molar-refractivity contribution in [2.75, 3.05) is 6.61 Å². The van der Waals surface area contributed by atoms with Crippen LogP contribution in [0.15, 0.2) is 42.5 Å². The molecule has 0 radical (unpaired) electrons. The molecule has 0 fully saturated rings. The summed E-state index contributed by atoms with van der Waals surface area (Å²) in [4.78, 5) is 0. The molecule has 1 heterocycles. The smallest absolute Gasteiger partial charge is 0.122 e. The first-order chi connectivity index (χ1) is 10.3. The predicted molar refractivity (Wildman–Crippen MR) is 85.2 cm³/mol. The van der Waals surface area contributed by atoms with Gasteiger partial charge in [-0.3, -0.25) is 11.3 Å². The normalized spacial score (nSPS) is 14.6. The fourth-order valence-electron chi connectivity index (χ4n) is 2.85. The molecule has 1 aliphatic rings. The summed E-state index contributed by atoms with van der Waals surface area (Å²) in [5.41, 5.74) is 8.14. The van der Waals surface area contributed by atoms with E-state index in [2.05, 4.69) is 54.8 Å². The Bertz CT molecular complexity index is 607. The molecule has 1 atom stereocenters. The maximum absolute atomic E-state index is 5.73. The summed E-state index contributed by atoms with van der Waals surface area (Å²) < 4.78 is 5.55. The molecule has 2 aromatic rings. The highest BCUT2D eigenvalue weighted by molar-refractivity contribution is 5.40. The summed E-state index contributed by atoms with van der Waals surface area (Å²) in [5.74, 6) is 6.77. The Labute approximate surface area is 126 Å². The van der Waals surface area contributed by atoms with E-state index in [0.29, 0.717) is 0 Å². The molecule has 0 saturated carbocycles. The second-order valence-corrected chi connectivity index (χ2v) is 5.71. The SMILES string of the molecule is Cc1ccc(C(CCc2ccc3c(c2)CCO3)NN)cc1. The number of hydrazine groups is 1. The molecule has 3 rings (SSSR count). The van der Waals surface area contributed by atoms with Crippen LogP contribution in [0.5, 0.6) is 5.75 Å². The number of aryl methyl sites for hydroxylation is 2. The number of hydrogen-bond acceptors (Lipinski definition) is 3. The van der Waals surface area contributed by atoms with E-state index in [0.717, 1.165) is 31.6 Å². The lowest BCUT2D eigenvalue weighted by Crippen LogP contribution is -2.28. The van der Waals surface area contributed by atoms with E-state index in [4.69, 9.17) is 10.6 Å². The van der Waals surface area contributed by atoms with E-state index in [1.165, 1.54) is 22.3 Å². The van der Waals surface area contributed by atoms with Gasteiger partial charge in [0.15, 0.2) is 0 Å². The zero-order valence-electron chi connectivity index (χ0n) is 12.4. The molecule has 1 aliphatic heterocycles. The van der Waals surface area contributed by atoms with Gasteiger partial charge in [-0.1, -0.05) is 42.0 Å². The maximum atomic E-state index is 5.73. The van der Waals surface area contributed by atoms with Crippen molar-refractivity contribution < 1.29 is 4.74 Å². The first kappa shape index (κ1) is 14.1. The lowest BCUT2D eigenvalue weighted by Gasteiger charge is -2.16. The number of benzene rings is 2. The molecule has 21 heavy (non-hydrogen) atoms. The number of hydrogen-bond donors (Lipinski definition) is 2. The van der Waals surface area contributed by atoms with Gasteiger partial charge in [0.1, 0.15) is 5.75 Å². The van der Waals surface area contributed by atoms with Gasteiger partial charge < -0.3 is 4.74 Å². The standard InChI is InChI=1S/C18H22N2O/c1-13-2-6-15(7-3-13)17(20-19)8-4-14-5-9-18-16(12-14)10-11-21-18/h2-3,5-7,9,12,17,20H,4,8,10-11,19H2,1H3. The minimum Gasteiger partial charge on any atom is -0.493 e. The van der Waals surface area contributed by atoms with Crippen molar-refractivity contribution in [3.05, 3.63) is 64.7 Å². The molecule has 0 aliphatic carbocycles. The highest BCUT2D eigenvalue weighted by atomic mass is 16.5. The van der Waals surface area contributed by atoms with Crippen LogP contribution in [-0.4, -0.2) is 6.61 Å². The third-order valence-electron chi connectivity index (χ3n) is 4.16. The average Bonchev–Trinajstić information content (AvgIpc) is 2.97. The molecule has 1 unspecified atom stereocenters. The van der Waals surface area contributed by atoms with E-state index < -0.39 is 0 Å². The minimum absolute atomic E-state index is 0.190. The van der Waals surface area contributed by atoms with Crippen LogP contribution in [0.1, 0.15) is 34.7 Å². The Kier molecular flexibility index (Phi) is 4.23. The molecule has 0 aromatic heterocycles. The molecule has 0 bridgehead atoms. The third kappa shape index (κ3) is 3.26. The summed E-state index contributed by atoms with van der Waals surface area (Å²) in [5, 5.41) is 0.